The van der Waals surface area contributed by atoms with Crippen LogP contribution in [0.15, 0.2) is 23.7 Å². The van der Waals surface area contributed by atoms with Crippen LogP contribution in [-0.2, 0) is 0 Å². The molecule has 0 fully saturated rings. The van der Waals surface area contributed by atoms with Crippen molar-refractivity contribution >= 4 is 27.2 Å². The third-order valence-corrected chi connectivity index (χ3v) is 2.52. The first-order chi connectivity index (χ1) is 6.42. The number of rotatable bonds is 1. The molecule has 70 valence electrons. The van der Waals surface area contributed by atoms with Crippen LogP contribution in [0.25, 0.3) is 10.2 Å². The van der Waals surface area contributed by atoms with Gasteiger partial charge in [0.1, 0.15) is 4.83 Å². The standard InChI is InChI=1S/C8H8N2S.C2H6/c1-9-7-5-11-8-6(7)3-2-4-10-8;1-2/h2-5,9H,1H3;1-2H3. The lowest BCUT2D eigenvalue weighted by Crippen LogP contribution is -1.84. The van der Waals surface area contributed by atoms with Gasteiger partial charge in [-0.1, -0.05) is 13.8 Å². The van der Waals surface area contributed by atoms with Gasteiger partial charge in [0.2, 0.25) is 0 Å². The van der Waals surface area contributed by atoms with Crippen molar-refractivity contribution in [1.29, 1.82) is 0 Å². The van der Waals surface area contributed by atoms with E-state index in [0.29, 0.717) is 0 Å². The largest absolute Gasteiger partial charge is 0.387 e. The van der Waals surface area contributed by atoms with Gasteiger partial charge in [-0.05, 0) is 12.1 Å². The van der Waals surface area contributed by atoms with E-state index in [0.717, 1.165) is 10.5 Å². The Morgan fingerprint density at radius 3 is 2.85 bits per heavy atom. The van der Waals surface area contributed by atoms with Crippen LogP contribution in [0.4, 0.5) is 5.69 Å². The van der Waals surface area contributed by atoms with Gasteiger partial charge in [0.05, 0.1) is 5.69 Å². The first-order valence-electron chi connectivity index (χ1n) is 4.42. The molecule has 0 saturated heterocycles. The molecule has 2 aromatic rings. The van der Waals surface area contributed by atoms with Gasteiger partial charge in [0, 0.05) is 24.0 Å². The molecule has 0 unspecified atom stereocenters. The Bertz CT molecular complexity index is 368. The second-order valence-corrected chi connectivity index (χ2v) is 3.11. The van der Waals surface area contributed by atoms with Crippen molar-refractivity contribution in [3.05, 3.63) is 23.7 Å². The second-order valence-electron chi connectivity index (χ2n) is 2.26. The van der Waals surface area contributed by atoms with Crippen LogP contribution < -0.4 is 5.32 Å². The molecule has 0 atom stereocenters. The van der Waals surface area contributed by atoms with Crippen molar-refractivity contribution in [2.75, 3.05) is 12.4 Å². The Kier molecular flexibility index (Phi) is 3.71. The Morgan fingerprint density at radius 2 is 2.15 bits per heavy atom. The molecule has 0 aliphatic rings. The fourth-order valence-corrected chi connectivity index (χ4v) is 1.96. The number of nitrogens with zero attached hydrogens (tertiary/aromatic N) is 1. The molecule has 2 aromatic heterocycles. The fraction of sp³-hybridized carbons (Fsp3) is 0.300. The smallest absolute Gasteiger partial charge is 0.125 e. The fourth-order valence-electron chi connectivity index (χ4n) is 1.06. The van der Waals surface area contributed by atoms with Crippen LogP contribution in [-0.4, -0.2) is 12.0 Å². The molecule has 0 spiro atoms. The van der Waals surface area contributed by atoms with E-state index in [1.807, 2.05) is 33.2 Å². The zero-order valence-corrected chi connectivity index (χ0v) is 8.98. The third-order valence-electron chi connectivity index (χ3n) is 1.62. The molecular formula is C10H14N2S. The molecule has 0 amide bonds. The van der Waals surface area contributed by atoms with Crippen molar-refractivity contribution in [2.24, 2.45) is 0 Å². The summed E-state index contributed by atoms with van der Waals surface area (Å²) in [5.41, 5.74) is 1.16. The van der Waals surface area contributed by atoms with Crippen molar-refractivity contribution in [3.63, 3.8) is 0 Å². The number of hydrogen-bond donors (Lipinski definition) is 1. The summed E-state index contributed by atoms with van der Waals surface area (Å²) in [5.74, 6) is 0. The molecule has 13 heavy (non-hydrogen) atoms. The lowest BCUT2D eigenvalue weighted by Gasteiger charge is -1.93. The Morgan fingerprint density at radius 1 is 1.38 bits per heavy atom. The van der Waals surface area contributed by atoms with E-state index in [-0.39, 0.29) is 0 Å². The van der Waals surface area contributed by atoms with Crippen LogP contribution >= 0.6 is 11.3 Å². The minimum absolute atomic E-state index is 1.09. The maximum Gasteiger partial charge on any atom is 0.125 e. The van der Waals surface area contributed by atoms with Gasteiger partial charge in [-0.15, -0.1) is 11.3 Å². The van der Waals surface area contributed by atoms with Crippen LogP contribution in [0.2, 0.25) is 0 Å². The highest BCUT2D eigenvalue weighted by atomic mass is 32.1. The van der Waals surface area contributed by atoms with Gasteiger partial charge in [-0.2, -0.15) is 0 Å². The van der Waals surface area contributed by atoms with E-state index < -0.39 is 0 Å². The highest BCUT2D eigenvalue weighted by Crippen LogP contribution is 2.27. The van der Waals surface area contributed by atoms with E-state index in [9.17, 15) is 0 Å². The lowest BCUT2D eigenvalue weighted by atomic mass is 10.3. The van der Waals surface area contributed by atoms with Crippen LogP contribution in [0.1, 0.15) is 13.8 Å². The Labute approximate surface area is 82.6 Å². The summed E-state index contributed by atoms with van der Waals surface area (Å²) < 4.78 is 0. The van der Waals surface area contributed by atoms with E-state index >= 15 is 0 Å². The first kappa shape index (κ1) is 9.99. The number of fused-ring (bicyclic) bond motifs is 1. The zero-order chi connectivity index (χ0) is 9.68. The molecule has 0 radical (unpaired) electrons. The normalized spacial score (nSPS) is 9.15. The van der Waals surface area contributed by atoms with Crippen molar-refractivity contribution in [1.82, 2.24) is 4.98 Å². The van der Waals surface area contributed by atoms with Gasteiger partial charge in [-0.25, -0.2) is 4.98 Å². The van der Waals surface area contributed by atoms with Gasteiger partial charge in [0.15, 0.2) is 0 Å². The van der Waals surface area contributed by atoms with Crippen LogP contribution in [0.3, 0.4) is 0 Å². The van der Waals surface area contributed by atoms with Gasteiger partial charge in [0.25, 0.3) is 0 Å². The number of thiophene rings is 1. The van der Waals surface area contributed by atoms with Crippen molar-refractivity contribution in [2.45, 2.75) is 13.8 Å². The Hall–Kier alpha value is -1.09. The molecule has 1 N–H and O–H groups in total. The topological polar surface area (TPSA) is 24.9 Å². The minimum atomic E-state index is 1.09. The highest BCUT2D eigenvalue weighted by Gasteiger charge is 2.00. The number of pyridine rings is 1. The van der Waals surface area contributed by atoms with E-state index in [1.54, 1.807) is 11.3 Å². The third kappa shape index (κ3) is 1.98. The second kappa shape index (κ2) is 4.82. The zero-order valence-electron chi connectivity index (χ0n) is 8.16. The van der Waals surface area contributed by atoms with Gasteiger partial charge < -0.3 is 5.32 Å². The highest BCUT2D eigenvalue weighted by molar-refractivity contribution is 7.17. The first-order valence-corrected chi connectivity index (χ1v) is 5.30. The van der Waals surface area contributed by atoms with Crippen molar-refractivity contribution in [3.8, 4) is 0 Å². The maximum absolute atomic E-state index is 4.23. The number of hydrogen-bond acceptors (Lipinski definition) is 3. The number of anilines is 1. The SMILES string of the molecule is CC.CNc1csc2ncccc12. The number of aromatic nitrogens is 1. The summed E-state index contributed by atoms with van der Waals surface area (Å²) in [7, 11) is 1.93. The summed E-state index contributed by atoms with van der Waals surface area (Å²) in [6.07, 6.45) is 1.82. The monoisotopic (exact) mass is 194 g/mol. The van der Waals surface area contributed by atoms with Crippen molar-refractivity contribution < 1.29 is 0 Å². The van der Waals surface area contributed by atoms with E-state index in [2.05, 4.69) is 21.7 Å². The average molecular weight is 194 g/mol. The van der Waals surface area contributed by atoms with E-state index in [1.165, 1.54) is 5.39 Å². The molecule has 0 bridgehead atoms. The summed E-state index contributed by atoms with van der Waals surface area (Å²) in [4.78, 5) is 5.32. The Balaban J connectivity index is 0.000000396. The molecule has 2 heterocycles. The molecule has 2 nitrogen and oxygen atoms in total. The summed E-state index contributed by atoms with van der Waals surface area (Å²) >= 11 is 1.66. The van der Waals surface area contributed by atoms with Gasteiger partial charge >= 0.3 is 0 Å². The molecule has 0 aromatic carbocycles. The predicted molar refractivity (Wildman–Crippen MR) is 60.5 cm³/mol. The lowest BCUT2D eigenvalue weighted by molar-refractivity contribution is 1.44. The molecular weight excluding hydrogens is 180 g/mol. The summed E-state index contributed by atoms with van der Waals surface area (Å²) in [6.45, 7) is 4.00. The average Bonchev–Trinajstić information content (AvgIpc) is 2.64. The summed E-state index contributed by atoms with van der Waals surface area (Å²) in [5, 5.41) is 6.41. The molecule has 2 rings (SSSR count). The van der Waals surface area contributed by atoms with Crippen LogP contribution in [0.5, 0.6) is 0 Å². The summed E-state index contributed by atoms with van der Waals surface area (Å²) in [6, 6.07) is 4.03. The predicted octanol–water partition coefficient (Wildman–Crippen LogP) is 3.36. The molecule has 0 aliphatic heterocycles. The van der Waals surface area contributed by atoms with Crippen LogP contribution in [0, 0.1) is 0 Å². The quantitative estimate of drug-likeness (QED) is 0.753. The van der Waals surface area contributed by atoms with Gasteiger partial charge in [-0.3, -0.25) is 0 Å². The van der Waals surface area contributed by atoms with E-state index in [4.69, 9.17) is 0 Å². The molecule has 0 aliphatic carbocycles. The molecule has 3 heteroatoms. The minimum Gasteiger partial charge on any atom is -0.387 e. The molecule has 0 saturated carbocycles. The maximum atomic E-state index is 4.23. The number of nitrogens with one attached hydrogen (secondary N) is 1.